The molecule has 2 amide bonds. The summed E-state index contributed by atoms with van der Waals surface area (Å²) < 4.78 is 11.5. The van der Waals surface area contributed by atoms with E-state index in [1.165, 1.54) is 5.56 Å². The zero-order chi connectivity index (χ0) is 23.9. The van der Waals surface area contributed by atoms with Crippen molar-refractivity contribution < 1.29 is 19.1 Å². The molecule has 2 aromatic carbocycles. The van der Waals surface area contributed by atoms with Gasteiger partial charge in [-0.1, -0.05) is 17.7 Å². The molecule has 34 heavy (non-hydrogen) atoms. The van der Waals surface area contributed by atoms with Crippen molar-refractivity contribution in [2.45, 2.75) is 26.7 Å². The summed E-state index contributed by atoms with van der Waals surface area (Å²) in [6, 6.07) is 18.8. The van der Waals surface area contributed by atoms with Crippen molar-refractivity contribution in [3.63, 3.8) is 0 Å². The Morgan fingerprint density at radius 1 is 0.912 bits per heavy atom. The molecule has 1 aromatic heterocycles. The molecule has 1 N–H and O–H groups in total. The number of ether oxygens (including phenoxy) is 2. The topological polar surface area (TPSA) is 80.8 Å². The van der Waals surface area contributed by atoms with Crippen molar-refractivity contribution in [2.24, 2.45) is 5.92 Å². The number of pyridine rings is 1. The molecule has 1 aliphatic heterocycles. The maximum Gasteiger partial charge on any atom is 0.260 e. The first-order chi connectivity index (χ1) is 16.5. The van der Waals surface area contributed by atoms with Gasteiger partial charge in [-0.3, -0.25) is 9.59 Å². The number of anilines is 1. The molecule has 4 rings (SSSR count). The number of amides is 2. The van der Waals surface area contributed by atoms with Crippen LogP contribution in [0.5, 0.6) is 17.2 Å². The molecule has 1 aliphatic rings. The van der Waals surface area contributed by atoms with E-state index in [4.69, 9.17) is 9.47 Å². The van der Waals surface area contributed by atoms with Crippen LogP contribution in [0.3, 0.4) is 0 Å². The third-order valence-corrected chi connectivity index (χ3v) is 5.83. The minimum Gasteiger partial charge on any atom is -0.484 e. The Balaban J connectivity index is 1.20. The standard InChI is InChI=1S/C27H29N3O4/c1-19-3-5-23(6-4-19)34-24-9-7-22(8-10-24)33-18-26(31)30-15-12-21(13-16-30)27(32)29-25-17-20(2)11-14-28-25/h3-11,14,17,21H,12-13,15-16,18H2,1-2H3,(H,28,29,32). The van der Waals surface area contributed by atoms with Crippen LogP contribution in [0.4, 0.5) is 5.82 Å². The molecule has 0 unspecified atom stereocenters. The minimum absolute atomic E-state index is 0.0394. The Morgan fingerprint density at radius 3 is 2.18 bits per heavy atom. The van der Waals surface area contributed by atoms with Crippen LogP contribution in [0.1, 0.15) is 24.0 Å². The monoisotopic (exact) mass is 459 g/mol. The van der Waals surface area contributed by atoms with E-state index >= 15 is 0 Å². The molecule has 7 nitrogen and oxygen atoms in total. The van der Waals surface area contributed by atoms with Gasteiger partial charge in [-0.25, -0.2) is 4.98 Å². The zero-order valence-electron chi connectivity index (χ0n) is 19.5. The van der Waals surface area contributed by atoms with Crippen LogP contribution in [0, 0.1) is 19.8 Å². The Morgan fingerprint density at radius 2 is 1.53 bits per heavy atom. The summed E-state index contributed by atoms with van der Waals surface area (Å²) in [5, 5.41) is 2.88. The van der Waals surface area contributed by atoms with E-state index in [1.54, 1.807) is 23.2 Å². The molecule has 0 atom stereocenters. The highest BCUT2D eigenvalue weighted by Gasteiger charge is 2.27. The Hall–Kier alpha value is -3.87. The lowest BCUT2D eigenvalue weighted by molar-refractivity contribution is -0.136. The lowest BCUT2D eigenvalue weighted by Crippen LogP contribution is -2.43. The van der Waals surface area contributed by atoms with Crippen LogP contribution in [0.15, 0.2) is 66.9 Å². The molecule has 1 saturated heterocycles. The van der Waals surface area contributed by atoms with Crippen molar-refractivity contribution in [1.82, 2.24) is 9.88 Å². The van der Waals surface area contributed by atoms with Gasteiger partial charge in [0.1, 0.15) is 23.1 Å². The number of rotatable bonds is 7. The number of carbonyl (C=O) groups is 2. The molecule has 0 saturated carbocycles. The Labute approximate surface area is 199 Å². The fourth-order valence-corrected chi connectivity index (χ4v) is 3.81. The van der Waals surface area contributed by atoms with Gasteiger partial charge in [0, 0.05) is 25.2 Å². The smallest absolute Gasteiger partial charge is 0.260 e. The van der Waals surface area contributed by atoms with Gasteiger partial charge < -0.3 is 19.7 Å². The fourth-order valence-electron chi connectivity index (χ4n) is 3.81. The number of aromatic nitrogens is 1. The first-order valence-corrected chi connectivity index (χ1v) is 11.4. The van der Waals surface area contributed by atoms with Crippen molar-refractivity contribution in [3.05, 3.63) is 78.0 Å². The van der Waals surface area contributed by atoms with Gasteiger partial charge in [-0.15, -0.1) is 0 Å². The molecule has 0 spiro atoms. The lowest BCUT2D eigenvalue weighted by Gasteiger charge is -2.31. The third-order valence-electron chi connectivity index (χ3n) is 5.83. The van der Waals surface area contributed by atoms with Gasteiger partial charge in [-0.05, 0) is 80.8 Å². The quantitative estimate of drug-likeness (QED) is 0.552. The van der Waals surface area contributed by atoms with E-state index in [1.807, 2.05) is 62.4 Å². The zero-order valence-corrected chi connectivity index (χ0v) is 19.5. The van der Waals surface area contributed by atoms with Gasteiger partial charge in [0.2, 0.25) is 5.91 Å². The molecular formula is C27H29N3O4. The minimum atomic E-state index is -0.131. The highest BCUT2D eigenvalue weighted by atomic mass is 16.5. The molecular weight excluding hydrogens is 430 g/mol. The number of hydrogen-bond acceptors (Lipinski definition) is 5. The Kier molecular flexibility index (Phi) is 7.42. The number of hydrogen-bond donors (Lipinski definition) is 1. The number of piperidine rings is 1. The summed E-state index contributed by atoms with van der Waals surface area (Å²) in [7, 11) is 0. The van der Waals surface area contributed by atoms with Crippen LogP contribution in [0.25, 0.3) is 0 Å². The molecule has 176 valence electrons. The van der Waals surface area contributed by atoms with Crippen LogP contribution < -0.4 is 14.8 Å². The summed E-state index contributed by atoms with van der Waals surface area (Å²) in [4.78, 5) is 31.0. The van der Waals surface area contributed by atoms with Gasteiger partial charge in [0.15, 0.2) is 6.61 Å². The first-order valence-electron chi connectivity index (χ1n) is 11.4. The molecule has 1 fully saturated rings. The maximum absolute atomic E-state index is 12.6. The van der Waals surface area contributed by atoms with Crippen molar-refractivity contribution >= 4 is 17.6 Å². The van der Waals surface area contributed by atoms with E-state index in [0.29, 0.717) is 43.2 Å². The molecule has 0 bridgehead atoms. The predicted molar refractivity (Wildman–Crippen MR) is 130 cm³/mol. The van der Waals surface area contributed by atoms with Gasteiger partial charge in [-0.2, -0.15) is 0 Å². The Bertz CT molecular complexity index is 1120. The summed E-state index contributed by atoms with van der Waals surface area (Å²) in [6.07, 6.45) is 2.92. The number of likely N-dealkylation sites (tertiary alicyclic amines) is 1. The number of carbonyl (C=O) groups excluding carboxylic acids is 2. The summed E-state index contributed by atoms with van der Waals surface area (Å²) in [5.41, 5.74) is 2.21. The number of aryl methyl sites for hydroxylation is 2. The maximum atomic E-state index is 12.6. The van der Waals surface area contributed by atoms with E-state index in [0.717, 1.165) is 11.3 Å². The van der Waals surface area contributed by atoms with Crippen molar-refractivity contribution in [2.75, 3.05) is 25.0 Å². The number of nitrogens with one attached hydrogen (secondary N) is 1. The average molecular weight is 460 g/mol. The summed E-state index contributed by atoms with van der Waals surface area (Å²) >= 11 is 0. The van der Waals surface area contributed by atoms with Crippen LogP contribution in [-0.2, 0) is 9.59 Å². The molecule has 2 heterocycles. The fraction of sp³-hybridized carbons (Fsp3) is 0.296. The second-order valence-corrected chi connectivity index (χ2v) is 8.54. The van der Waals surface area contributed by atoms with Crippen LogP contribution in [0.2, 0.25) is 0 Å². The molecule has 0 radical (unpaired) electrons. The van der Waals surface area contributed by atoms with Gasteiger partial charge in [0.25, 0.3) is 5.91 Å². The van der Waals surface area contributed by atoms with Crippen LogP contribution >= 0.6 is 0 Å². The van der Waals surface area contributed by atoms with E-state index < -0.39 is 0 Å². The second-order valence-electron chi connectivity index (χ2n) is 8.54. The highest BCUT2D eigenvalue weighted by molar-refractivity contribution is 5.92. The molecule has 0 aliphatic carbocycles. The number of benzene rings is 2. The van der Waals surface area contributed by atoms with E-state index in [2.05, 4.69) is 10.3 Å². The average Bonchev–Trinajstić information content (AvgIpc) is 2.85. The van der Waals surface area contributed by atoms with Crippen molar-refractivity contribution in [1.29, 1.82) is 0 Å². The molecule has 7 heteroatoms. The second kappa shape index (κ2) is 10.8. The van der Waals surface area contributed by atoms with E-state index in [-0.39, 0.29) is 24.3 Å². The highest BCUT2D eigenvalue weighted by Crippen LogP contribution is 2.24. The number of nitrogens with zero attached hydrogens (tertiary/aromatic N) is 2. The molecule has 3 aromatic rings. The van der Waals surface area contributed by atoms with E-state index in [9.17, 15) is 9.59 Å². The van der Waals surface area contributed by atoms with Crippen LogP contribution in [-0.4, -0.2) is 41.4 Å². The van der Waals surface area contributed by atoms with Gasteiger partial charge >= 0.3 is 0 Å². The summed E-state index contributed by atoms with van der Waals surface area (Å²) in [5.74, 6) is 2.36. The SMILES string of the molecule is Cc1ccc(Oc2ccc(OCC(=O)N3CCC(C(=O)Nc4cc(C)ccn4)CC3)cc2)cc1. The first kappa shape index (κ1) is 23.3. The normalized spacial score (nSPS) is 13.9. The largest absolute Gasteiger partial charge is 0.484 e. The lowest BCUT2D eigenvalue weighted by atomic mass is 9.96. The van der Waals surface area contributed by atoms with Crippen molar-refractivity contribution in [3.8, 4) is 17.2 Å². The summed E-state index contributed by atoms with van der Waals surface area (Å²) in [6.45, 7) is 5.01. The van der Waals surface area contributed by atoms with Gasteiger partial charge in [0.05, 0.1) is 0 Å². The predicted octanol–water partition coefficient (Wildman–Crippen LogP) is 4.75. The third kappa shape index (κ3) is 6.34.